The Balaban J connectivity index is 1.93. The van der Waals surface area contributed by atoms with Gasteiger partial charge in [-0.05, 0) is 12.0 Å². The third kappa shape index (κ3) is 3.14. The molecule has 0 amide bonds. The maximum Gasteiger partial charge on any atom is 0.177 e. The van der Waals surface area contributed by atoms with Crippen LogP contribution in [0.15, 0.2) is 30.5 Å². The van der Waals surface area contributed by atoms with Gasteiger partial charge in [0.05, 0.1) is 24.7 Å². The molecule has 1 aromatic carbocycles. The predicted molar refractivity (Wildman–Crippen MR) is 92.4 cm³/mol. The molecule has 0 spiro atoms. The van der Waals surface area contributed by atoms with Crippen molar-refractivity contribution in [2.24, 2.45) is 0 Å². The normalized spacial score (nSPS) is 11.2. The molecule has 3 aromatic rings. The van der Waals surface area contributed by atoms with Crippen molar-refractivity contribution in [3.8, 4) is 5.75 Å². The SMILES string of the molecule is COc1cc(F)ccc1CNc1cc(Cl)nn2c(C(C)C)cnc12. The van der Waals surface area contributed by atoms with Gasteiger partial charge in [0.25, 0.3) is 0 Å². The van der Waals surface area contributed by atoms with Crippen molar-refractivity contribution in [1.29, 1.82) is 0 Å². The molecule has 0 saturated carbocycles. The van der Waals surface area contributed by atoms with Crippen molar-refractivity contribution in [3.63, 3.8) is 0 Å². The fraction of sp³-hybridized carbons (Fsp3) is 0.294. The molecule has 0 aliphatic heterocycles. The fourth-order valence-corrected chi connectivity index (χ4v) is 2.72. The van der Waals surface area contributed by atoms with E-state index in [1.54, 1.807) is 22.8 Å². The number of methoxy groups -OCH3 is 1. The van der Waals surface area contributed by atoms with E-state index in [4.69, 9.17) is 16.3 Å². The maximum atomic E-state index is 13.3. The highest BCUT2D eigenvalue weighted by Crippen LogP contribution is 2.26. The first-order valence-corrected chi connectivity index (χ1v) is 7.98. The lowest BCUT2D eigenvalue weighted by Gasteiger charge is -2.12. The highest BCUT2D eigenvalue weighted by molar-refractivity contribution is 6.29. The minimum absolute atomic E-state index is 0.274. The zero-order valence-corrected chi connectivity index (χ0v) is 14.4. The van der Waals surface area contributed by atoms with E-state index in [2.05, 4.69) is 29.2 Å². The molecule has 0 atom stereocenters. The number of aromatic nitrogens is 3. The van der Waals surface area contributed by atoms with Crippen LogP contribution < -0.4 is 10.1 Å². The summed E-state index contributed by atoms with van der Waals surface area (Å²) in [7, 11) is 1.52. The summed E-state index contributed by atoms with van der Waals surface area (Å²) in [4.78, 5) is 4.44. The monoisotopic (exact) mass is 348 g/mol. The van der Waals surface area contributed by atoms with Crippen LogP contribution >= 0.6 is 11.6 Å². The van der Waals surface area contributed by atoms with Crippen LogP contribution in [0.1, 0.15) is 31.0 Å². The van der Waals surface area contributed by atoms with Gasteiger partial charge in [0.1, 0.15) is 11.6 Å². The molecule has 0 unspecified atom stereocenters. The van der Waals surface area contributed by atoms with E-state index in [1.165, 1.54) is 19.2 Å². The molecule has 7 heteroatoms. The molecule has 1 N–H and O–H groups in total. The summed E-state index contributed by atoms with van der Waals surface area (Å²) in [6.45, 7) is 4.59. The Bertz CT molecular complexity index is 878. The second kappa shape index (κ2) is 6.65. The van der Waals surface area contributed by atoms with Crippen molar-refractivity contribution in [3.05, 3.63) is 52.7 Å². The van der Waals surface area contributed by atoms with E-state index in [0.717, 1.165) is 16.9 Å². The van der Waals surface area contributed by atoms with Crippen LogP contribution in [0.5, 0.6) is 5.75 Å². The molecule has 3 rings (SSSR count). The highest BCUT2D eigenvalue weighted by Gasteiger charge is 2.13. The number of hydrogen-bond donors (Lipinski definition) is 1. The Morgan fingerprint density at radius 2 is 2.12 bits per heavy atom. The Morgan fingerprint density at radius 1 is 1.33 bits per heavy atom. The quantitative estimate of drug-likeness (QED) is 0.748. The summed E-state index contributed by atoms with van der Waals surface area (Å²) in [6.07, 6.45) is 1.80. The Kier molecular flexibility index (Phi) is 4.57. The number of imidazole rings is 1. The first-order valence-electron chi connectivity index (χ1n) is 7.60. The number of ether oxygens (including phenoxy) is 1. The van der Waals surface area contributed by atoms with E-state index in [1.807, 2.05) is 0 Å². The van der Waals surface area contributed by atoms with Crippen LogP contribution in [0, 0.1) is 5.82 Å². The van der Waals surface area contributed by atoms with Crippen LogP contribution in [0.4, 0.5) is 10.1 Å². The Labute approximate surface area is 144 Å². The van der Waals surface area contributed by atoms with Crippen molar-refractivity contribution in [1.82, 2.24) is 14.6 Å². The van der Waals surface area contributed by atoms with Gasteiger partial charge in [0.15, 0.2) is 10.8 Å². The fourth-order valence-electron chi connectivity index (χ4n) is 2.53. The summed E-state index contributed by atoms with van der Waals surface area (Å²) in [6, 6.07) is 6.18. The molecule has 2 heterocycles. The first kappa shape index (κ1) is 16.5. The van der Waals surface area contributed by atoms with Crippen LogP contribution in [-0.2, 0) is 6.54 Å². The second-order valence-electron chi connectivity index (χ2n) is 5.76. The topological polar surface area (TPSA) is 51.5 Å². The number of halogens is 2. The summed E-state index contributed by atoms with van der Waals surface area (Å²) in [5, 5.41) is 7.98. The highest BCUT2D eigenvalue weighted by atomic mass is 35.5. The van der Waals surface area contributed by atoms with Gasteiger partial charge in [0.2, 0.25) is 0 Å². The van der Waals surface area contributed by atoms with Crippen molar-refractivity contribution in [2.75, 3.05) is 12.4 Å². The molecule has 0 aliphatic carbocycles. The molecule has 0 fully saturated rings. The zero-order valence-electron chi connectivity index (χ0n) is 13.7. The number of benzene rings is 1. The van der Waals surface area contributed by atoms with Crippen LogP contribution in [0.25, 0.3) is 5.65 Å². The maximum absolute atomic E-state index is 13.3. The molecular formula is C17H18ClFN4O. The minimum atomic E-state index is -0.334. The number of nitrogens with zero attached hydrogens (tertiary/aromatic N) is 3. The summed E-state index contributed by atoms with van der Waals surface area (Å²) >= 11 is 6.14. The number of nitrogens with one attached hydrogen (secondary N) is 1. The zero-order chi connectivity index (χ0) is 17.3. The molecule has 126 valence electrons. The van der Waals surface area contributed by atoms with Gasteiger partial charge in [-0.2, -0.15) is 5.10 Å². The molecule has 0 saturated heterocycles. The van der Waals surface area contributed by atoms with Crippen LogP contribution in [-0.4, -0.2) is 21.7 Å². The van der Waals surface area contributed by atoms with E-state index in [9.17, 15) is 4.39 Å². The smallest absolute Gasteiger partial charge is 0.177 e. The van der Waals surface area contributed by atoms with Gasteiger partial charge in [0, 0.05) is 24.2 Å². The van der Waals surface area contributed by atoms with E-state index < -0.39 is 0 Å². The van der Waals surface area contributed by atoms with E-state index in [-0.39, 0.29) is 11.7 Å². The largest absolute Gasteiger partial charge is 0.496 e. The Morgan fingerprint density at radius 3 is 2.83 bits per heavy atom. The average molecular weight is 349 g/mol. The summed E-state index contributed by atoms with van der Waals surface area (Å²) in [5.41, 5.74) is 3.27. The third-order valence-corrected chi connectivity index (χ3v) is 3.96. The van der Waals surface area contributed by atoms with Crippen LogP contribution in [0.3, 0.4) is 0 Å². The second-order valence-corrected chi connectivity index (χ2v) is 6.15. The number of hydrogen-bond acceptors (Lipinski definition) is 4. The van der Waals surface area contributed by atoms with Crippen molar-refractivity contribution in [2.45, 2.75) is 26.3 Å². The van der Waals surface area contributed by atoms with Crippen LogP contribution in [0.2, 0.25) is 5.15 Å². The predicted octanol–water partition coefficient (Wildman–Crippen LogP) is 4.27. The lowest BCUT2D eigenvalue weighted by atomic mass is 10.1. The molecule has 0 radical (unpaired) electrons. The number of rotatable bonds is 5. The third-order valence-electron chi connectivity index (χ3n) is 3.77. The lowest BCUT2D eigenvalue weighted by molar-refractivity contribution is 0.406. The minimum Gasteiger partial charge on any atom is -0.496 e. The van der Waals surface area contributed by atoms with Gasteiger partial charge in [-0.3, -0.25) is 0 Å². The summed E-state index contributed by atoms with van der Waals surface area (Å²) in [5.74, 6) is 0.431. The number of fused-ring (bicyclic) bond motifs is 1. The van der Waals surface area contributed by atoms with E-state index in [0.29, 0.717) is 23.1 Å². The lowest BCUT2D eigenvalue weighted by Crippen LogP contribution is -2.06. The first-order chi connectivity index (χ1) is 11.5. The molecule has 5 nitrogen and oxygen atoms in total. The van der Waals surface area contributed by atoms with Gasteiger partial charge in [-0.25, -0.2) is 13.9 Å². The molecule has 0 bridgehead atoms. The Hall–Kier alpha value is -2.34. The van der Waals surface area contributed by atoms with Gasteiger partial charge in [-0.1, -0.05) is 31.5 Å². The molecule has 2 aromatic heterocycles. The van der Waals surface area contributed by atoms with E-state index >= 15 is 0 Å². The van der Waals surface area contributed by atoms with Gasteiger partial charge in [-0.15, -0.1) is 0 Å². The average Bonchev–Trinajstić information content (AvgIpc) is 2.97. The molecular weight excluding hydrogens is 331 g/mol. The standard InChI is InChI=1S/C17H18ClFN4O/c1-10(2)14-9-21-17-13(7-16(18)22-23(14)17)20-8-11-4-5-12(19)6-15(11)24-3/h4-7,9-10,20H,8H2,1-3H3. The van der Waals surface area contributed by atoms with Gasteiger partial charge >= 0.3 is 0 Å². The van der Waals surface area contributed by atoms with Gasteiger partial charge < -0.3 is 10.1 Å². The van der Waals surface area contributed by atoms with Crippen molar-refractivity contribution < 1.29 is 9.13 Å². The summed E-state index contributed by atoms with van der Waals surface area (Å²) < 4.78 is 20.3. The van der Waals surface area contributed by atoms with Crippen molar-refractivity contribution >= 4 is 22.9 Å². The molecule has 0 aliphatic rings. The number of anilines is 1. The molecule has 24 heavy (non-hydrogen) atoms.